The van der Waals surface area contributed by atoms with Crippen LogP contribution in [0.2, 0.25) is 0 Å². The molecule has 5 nitrogen and oxygen atoms in total. The van der Waals surface area contributed by atoms with Crippen molar-refractivity contribution < 1.29 is 4.52 Å². The van der Waals surface area contributed by atoms with Crippen molar-refractivity contribution in [2.75, 3.05) is 6.54 Å². The maximum absolute atomic E-state index is 5.54. The number of thiazole rings is 1. The summed E-state index contributed by atoms with van der Waals surface area (Å²) in [5.41, 5.74) is 8.69. The molecular formula is C15H16N4OS. The van der Waals surface area contributed by atoms with Crippen LogP contribution >= 0.6 is 11.3 Å². The van der Waals surface area contributed by atoms with Gasteiger partial charge in [0.25, 0.3) is 5.89 Å². The van der Waals surface area contributed by atoms with Crippen molar-refractivity contribution >= 4 is 11.3 Å². The Labute approximate surface area is 126 Å². The zero-order valence-electron chi connectivity index (χ0n) is 11.7. The first-order valence-corrected chi connectivity index (χ1v) is 7.65. The first-order chi connectivity index (χ1) is 10.2. The molecule has 3 rings (SSSR count). The summed E-state index contributed by atoms with van der Waals surface area (Å²) in [5, 5.41) is 7.04. The number of nitrogens with two attached hydrogens (primary N) is 1. The normalized spacial score (nSPS) is 11.0. The van der Waals surface area contributed by atoms with Crippen LogP contribution in [-0.4, -0.2) is 21.7 Å². The van der Waals surface area contributed by atoms with Crippen molar-refractivity contribution in [3.8, 4) is 11.5 Å². The van der Waals surface area contributed by atoms with Crippen molar-refractivity contribution in [1.82, 2.24) is 15.1 Å². The summed E-state index contributed by atoms with van der Waals surface area (Å²) in [6, 6.07) is 8.04. The van der Waals surface area contributed by atoms with Gasteiger partial charge in [-0.05, 0) is 37.6 Å². The van der Waals surface area contributed by atoms with Gasteiger partial charge in [-0.1, -0.05) is 17.3 Å². The van der Waals surface area contributed by atoms with Gasteiger partial charge in [-0.3, -0.25) is 0 Å². The number of nitrogens with zero attached hydrogens (tertiary/aromatic N) is 3. The monoisotopic (exact) mass is 300 g/mol. The van der Waals surface area contributed by atoms with Gasteiger partial charge in [-0.25, -0.2) is 4.98 Å². The molecule has 0 bridgehead atoms. The second kappa shape index (κ2) is 6.15. The maximum atomic E-state index is 5.54. The molecule has 21 heavy (non-hydrogen) atoms. The van der Waals surface area contributed by atoms with Gasteiger partial charge in [-0.15, -0.1) is 11.3 Å². The molecule has 0 aliphatic rings. The molecule has 0 aliphatic heterocycles. The van der Waals surface area contributed by atoms with E-state index in [4.69, 9.17) is 10.3 Å². The van der Waals surface area contributed by atoms with Gasteiger partial charge < -0.3 is 10.3 Å². The fourth-order valence-corrected chi connectivity index (χ4v) is 2.81. The molecule has 0 amide bonds. The standard InChI is InChI=1S/C15H16N4OS/c1-10-9-21-14(17-10)8-13-18-15(20-19-13)12-4-2-11(3-5-12)6-7-16/h2-5,9H,6-8,16H2,1H3. The van der Waals surface area contributed by atoms with Crippen molar-refractivity contribution in [3.63, 3.8) is 0 Å². The Bertz CT molecular complexity index is 717. The Balaban J connectivity index is 1.74. The Morgan fingerprint density at radius 1 is 1.19 bits per heavy atom. The van der Waals surface area contributed by atoms with Gasteiger partial charge in [0.2, 0.25) is 0 Å². The fourth-order valence-electron chi connectivity index (χ4n) is 2.04. The average molecular weight is 300 g/mol. The molecule has 0 unspecified atom stereocenters. The molecule has 0 aliphatic carbocycles. The summed E-state index contributed by atoms with van der Waals surface area (Å²) in [5.74, 6) is 1.20. The summed E-state index contributed by atoms with van der Waals surface area (Å²) in [6.07, 6.45) is 1.48. The van der Waals surface area contributed by atoms with E-state index < -0.39 is 0 Å². The van der Waals surface area contributed by atoms with Crippen LogP contribution < -0.4 is 5.73 Å². The Morgan fingerprint density at radius 2 is 2.00 bits per heavy atom. The van der Waals surface area contributed by atoms with E-state index in [2.05, 4.69) is 15.1 Å². The van der Waals surface area contributed by atoms with E-state index in [1.807, 2.05) is 36.6 Å². The molecule has 2 heterocycles. The largest absolute Gasteiger partial charge is 0.334 e. The molecule has 3 aromatic rings. The maximum Gasteiger partial charge on any atom is 0.257 e. The van der Waals surface area contributed by atoms with Crippen LogP contribution in [-0.2, 0) is 12.8 Å². The zero-order valence-corrected chi connectivity index (χ0v) is 12.6. The summed E-state index contributed by atoms with van der Waals surface area (Å²) in [6.45, 7) is 2.63. The molecule has 0 saturated carbocycles. The third-order valence-corrected chi connectivity index (χ3v) is 4.04. The molecule has 108 valence electrons. The van der Waals surface area contributed by atoms with Crippen molar-refractivity contribution in [2.24, 2.45) is 5.73 Å². The third kappa shape index (κ3) is 3.34. The van der Waals surface area contributed by atoms with E-state index in [0.717, 1.165) is 22.7 Å². The van der Waals surface area contributed by atoms with Crippen molar-refractivity contribution in [1.29, 1.82) is 0 Å². The lowest BCUT2D eigenvalue weighted by molar-refractivity contribution is 0.424. The second-order valence-electron chi connectivity index (χ2n) is 4.81. The minimum atomic E-state index is 0.539. The third-order valence-electron chi connectivity index (χ3n) is 3.08. The van der Waals surface area contributed by atoms with Crippen LogP contribution in [0.4, 0.5) is 0 Å². The van der Waals surface area contributed by atoms with Crippen molar-refractivity contribution in [3.05, 3.63) is 51.7 Å². The fraction of sp³-hybridized carbons (Fsp3) is 0.267. The lowest BCUT2D eigenvalue weighted by Crippen LogP contribution is -2.02. The number of rotatable bonds is 5. The van der Waals surface area contributed by atoms with Gasteiger partial charge in [0, 0.05) is 16.6 Å². The van der Waals surface area contributed by atoms with E-state index in [0.29, 0.717) is 24.7 Å². The molecule has 2 N–H and O–H groups in total. The summed E-state index contributed by atoms with van der Waals surface area (Å²) in [4.78, 5) is 8.83. The van der Waals surface area contributed by atoms with Gasteiger partial charge in [0.15, 0.2) is 5.82 Å². The molecule has 0 fully saturated rings. The number of aromatic nitrogens is 3. The van der Waals surface area contributed by atoms with Crippen LogP contribution in [0.3, 0.4) is 0 Å². The molecule has 0 radical (unpaired) electrons. The van der Waals surface area contributed by atoms with Crippen molar-refractivity contribution in [2.45, 2.75) is 19.8 Å². The lowest BCUT2D eigenvalue weighted by atomic mass is 10.1. The Kier molecular flexibility index (Phi) is 4.08. The number of benzene rings is 1. The second-order valence-corrected chi connectivity index (χ2v) is 5.75. The molecule has 2 aromatic heterocycles. The average Bonchev–Trinajstić information content (AvgIpc) is 3.10. The minimum absolute atomic E-state index is 0.539. The predicted octanol–water partition coefficient (Wildman–Crippen LogP) is 2.59. The van der Waals surface area contributed by atoms with Gasteiger partial charge in [-0.2, -0.15) is 4.98 Å². The highest BCUT2D eigenvalue weighted by Gasteiger charge is 2.11. The Hall–Kier alpha value is -2.05. The van der Waals surface area contributed by atoms with Crippen LogP contribution in [0.1, 0.15) is 22.1 Å². The topological polar surface area (TPSA) is 77.8 Å². The Morgan fingerprint density at radius 3 is 2.67 bits per heavy atom. The highest BCUT2D eigenvalue weighted by molar-refractivity contribution is 7.09. The van der Waals surface area contributed by atoms with E-state index in [9.17, 15) is 0 Å². The van der Waals surface area contributed by atoms with E-state index in [-0.39, 0.29) is 0 Å². The zero-order chi connectivity index (χ0) is 14.7. The number of aryl methyl sites for hydroxylation is 1. The molecule has 0 spiro atoms. The van der Waals surface area contributed by atoms with Gasteiger partial charge >= 0.3 is 0 Å². The number of hydrogen-bond acceptors (Lipinski definition) is 6. The van der Waals surface area contributed by atoms with Crippen LogP contribution in [0.5, 0.6) is 0 Å². The van der Waals surface area contributed by atoms with Crippen LogP contribution in [0, 0.1) is 6.92 Å². The molecule has 0 atom stereocenters. The van der Waals surface area contributed by atoms with Gasteiger partial charge in [0.05, 0.1) is 6.42 Å². The van der Waals surface area contributed by atoms with Crippen LogP contribution in [0.25, 0.3) is 11.5 Å². The van der Waals surface area contributed by atoms with Crippen LogP contribution in [0.15, 0.2) is 34.2 Å². The minimum Gasteiger partial charge on any atom is -0.334 e. The van der Waals surface area contributed by atoms with Gasteiger partial charge in [0.1, 0.15) is 5.01 Å². The van der Waals surface area contributed by atoms with E-state index >= 15 is 0 Å². The molecule has 1 aromatic carbocycles. The summed E-state index contributed by atoms with van der Waals surface area (Å²) >= 11 is 1.61. The molecule has 0 saturated heterocycles. The first kappa shape index (κ1) is 13.9. The molecular weight excluding hydrogens is 284 g/mol. The lowest BCUT2D eigenvalue weighted by Gasteiger charge is -1.98. The van der Waals surface area contributed by atoms with E-state index in [1.54, 1.807) is 11.3 Å². The summed E-state index contributed by atoms with van der Waals surface area (Å²) < 4.78 is 5.32. The predicted molar refractivity (Wildman–Crippen MR) is 82.1 cm³/mol. The quantitative estimate of drug-likeness (QED) is 0.783. The number of hydrogen-bond donors (Lipinski definition) is 1. The highest BCUT2D eigenvalue weighted by atomic mass is 32.1. The van der Waals surface area contributed by atoms with E-state index in [1.165, 1.54) is 5.56 Å². The highest BCUT2D eigenvalue weighted by Crippen LogP contribution is 2.19. The molecule has 6 heteroatoms. The smallest absolute Gasteiger partial charge is 0.257 e. The first-order valence-electron chi connectivity index (χ1n) is 6.77. The SMILES string of the molecule is Cc1csc(Cc2noc(-c3ccc(CCN)cc3)n2)n1. The summed E-state index contributed by atoms with van der Waals surface area (Å²) in [7, 11) is 0.